The van der Waals surface area contributed by atoms with E-state index in [2.05, 4.69) is 81.3 Å². The van der Waals surface area contributed by atoms with Gasteiger partial charge >= 0.3 is 0 Å². The highest BCUT2D eigenvalue weighted by Crippen LogP contribution is 2.41. The van der Waals surface area contributed by atoms with Gasteiger partial charge in [0.2, 0.25) is 5.91 Å². The van der Waals surface area contributed by atoms with Gasteiger partial charge in [0.05, 0.1) is 23.7 Å². The summed E-state index contributed by atoms with van der Waals surface area (Å²) >= 11 is 6.56. The third kappa shape index (κ3) is 8.92. The maximum atomic E-state index is 14.1. The second-order valence-corrected chi connectivity index (χ2v) is 20.9. The zero-order valence-corrected chi connectivity index (χ0v) is 41.0. The lowest BCUT2D eigenvalue weighted by atomic mass is 9.90. The summed E-state index contributed by atoms with van der Waals surface area (Å²) in [5.74, 6) is -0.105. The molecule has 9 rings (SSSR count). The van der Waals surface area contributed by atoms with Gasteiger partial charge in [-0.05, 0) is 125 Å². The minimum Gasteiger partial charge on any atom is -0.392 e. The maximum absolute atomic E-state index is 14.1. The summed E-state index contributed by atoms with van der Waals surface area (Å²) in [4.78, 5) is 59.1. The van der Waals surface area contributed by atoms with Crippen molar-refractivity contribution in [3.63, 3.8) is 0 Å². The van der Waals surface area contributed by atoms with Crippen LogP contribution in [0.15, 0.2) is 78.4 Å². The first kappa shape index (κ1) is 47.1. The molecule has 0 radical (unpaired) electrons. The van der Waals surface area contributed by atoms with Crippen LogP contribution in [-0.4, -0.2) is 91.8 Å². The van der Waals surface area contributed by atoms with Gasteiger partial charge in [0.25, 0.3) is 11.5 Å². The molecule has 15 nitrogen and oxygen atoms in total. The van der Waals surface area contributed by atoms with Crippen molar-refractivity contribution in [2.24, 2.45) is 18.2 Å². The molecule has 3 aromatic heterocycles. The monoisotopic (exact) mass is 941 g/mol. The quantitative estimate of drug-likeness (QED) is 0.0988. The van der Waals surface area contributed by atoms with Gasteiger partial charge in [-0.15, -0.1) is 0 Å². The largest absolute Gasteiger partial charge is 0.392 e. The summed E-state index contributed by atoms with van der Waals surface area (Å²) in [5, 5.41) is 17.8. The van der Waals surface area contributed by atoms with Crippen LogP contribution < -0.4 is 36.6 Å². The summed E-state index contributed by atoms with van der Waals surface area (Å²) in [6.07, 6.45) is 8.38. The van der Waals surface area contributed by atoms with Crippen LogP contribution in [0.1, 0.15) is 87.3 Å². The van der Waals surface area contributed by atoms with Crippen molar-refractivity contribution in [1.29, 1.82) is 0 Å². The second kappa shape index (κ2) is 18.1. The topological polar surface area (TPSA) is 170 Å². The first-order valence-corrected chi connectivity index (χ1v) is 24.1. The number of hydrogen-bond acceptors (Lipinski definition) is 11. The van der Waals surface area contributed by atoms with E-state index in [9.17, 15) is 19.5 Å². The smallest absolute Gasteiger partial charge is 0.293 e. The number of piperidine rings is 1. The molecule has 1 unspecified atom stereocenters. The Balaban J connectivity index is 0.922. The lowest BCUT2D eigenvalue weighted by Gasteiger charge is -2.48. The highest BCUT2D eigenvalue weighted by molar-refractivity contribution is 6.31. The number of aliphatic hydroxyl groups excluding tert-OH is 1. The number of aryl methyl sites for hydroxylation is 1. The van der Waals surface area contributed by atoms with Gasteiger partial charge in [-0.2, -0.15) is 0 Å². The molecule has 16 heteroatoms. The number of aliphatic hydroxyl groups is 1. The standard InChI is InChI=1S/C52H64ClN11O4/c1-9-46(66)57-41-24-34(10-13-43(41)62-19-18-60(28-32(62)3)35-15-17-61(31(2)22-35)36-11-12-40(53)39(25-36)52(6,7)54)56-47-50(68)59(8)29-42(58-47)37-14-16-55-48(38(37)30-65)64-21-20-63-44(49(64)67)23-33-26-51(4,5)27-45(33)63/h9-14,16,23-25,29,31-32,35,65H,1,15,17-22,26-28,30,54H2,2-8H3,(H,56,58)(H,57,66)/t31-,32+,35?/m1/s1. The van der Waals surface area contributed by atoms with Gasteiger partial charge in [0.15, 0.2) is 5.82 Å². The fraction of sp³-hybridized carbons (Fsp3) is 0.442. The number of fused-ring (bicyclic) bond motifs is 3. The lowest BCUT2D eigenvalue weighted by molar-refractivity contribution is -0.111. The third-order valence-electron chi connectivity index (χ3n) is 14.4. The van der Waals surface area contributed by atoms with E-state index in [-0.39, 0.29) is 34.6 Å². The number of carbonyl (C=O) groups excluding carboxylic acids is 2. The molecule has 3 atom stereocenters. The summed E-state index contributed by atoms with van der Waals surface area (Å²) in [7, 11) is 1.64. The van der Waals surface area contributed by atoms with Gasteiger partial charge < -0.3 is 40.4 Å². The molecule has 3 aliphatic heterocycles. The predicted molar refractivity (Wildman–Crippen MR) is 271 cm³/mol. The molecule has 0 spiro atoms. The van der Waals surface area contributed by atoms with Crippen molar-refractivity contribution in [2.45, 2.75) is 104 Å². The molecular weight excluding hydrogens is 878 g/mol. The number of aromatic nitrogens is 4. The van der Waals surface area contributed by atoms with Gasteiger partial charge in [0, 0.05) is 116 Å². The van der Waals surface area contributed by atoms with E-state index in [0.717, 1.165) is 68.8 Å². The Morgan fingerprint density at radius 1 is 1.01 bits per heavy atom. The van der Waals surface area contributed by atoms with Gasteiger partial charge in [-0.25, -0.2) is 9.97 Å². The molecule has 5 N–H and O–H groups in total. The number of anilines is 6. The minimum atomic E-state index is -0.540. The van der Waals surface area contributed by atoms with Crippen LogP contribution in [0.5, 0.6) is 0 Å². The second-order valence-electron chi connectivity index (χ2n) is 20.5. The van der Waals surface area contributed by atoms with E-state index in [1.165, 1.54) is 21.9 Å². The number of piperazine rings is 1. The van der Waals surface area contributed by atoms with Crippen LogP contribution in [-0.2, 0) is 43.4 Å². The predicted octanol–water partition coefficient (Wildman–Crippen LogP) is 7.20. The molecule has 6 heterocycles. The number of rotatable bonds is 11. The van der Waals surface area contributed by atoms with E-state index in [1.807, 2.05) is 44.2 Å². The Labute approximate surface area is 403 Å². The number of hydrogen-bond donors (Lipinski definition) is 4. The van der Waals surface area contributed by atoms with Crippen molar-refractivity contribution in [1.82, 2.24) is 24.0 Å². The Kier molecular flexibility index (Phi) is 12.6. The fourth-order valence-electron chi connectivity index (χ4n) is 11.0. The number of halogens is 1. The minimum absolute atomic E-state index is 0.0484. The summed E-state index contributed by atoms with van der Waals surface area (Å²) in [5.41, 5.74) is 14.3. The highest BCUT2D eigenvalue weighted by atomic mass is 35.5. The molecular formula is C52H64ClN11O4. The van der Waals surface area contributed by atoms with Crippen LogP contribution >= 0.6 is 11.6 Å². The maximum Gasteiger partial charge on any atom is 0.293 e. The number of nitrogens with zero attached hydrogens (tertiary/aromatic N) is 8. The molecule has 2 aromatic carbocycles. The Morgan fingerprint density at radius 3 is 2.53 bits per heavy atom. The lowest BCUT2D eigenvalue weighted by Crippen LogP contribution is -2.58. The van der Waals surface area contributed by atoms with Crippen LogP contribution in [0.3, 0.4) is 0 Å². The van der Waals surface area contributed by atoms with E-state index in [4.69, 9.17) is 22.3 Å². The number of carbonyl (C=O) groups is 2. The molecule has 68 heavy (non-hydrogen) atoms. The first-order valence-electron chi connectivity index (χ1n) is 23.7. The number of benzene rings is 2. The highest BCUT2D eigenvalue weighted by Gasteiger charge is 2.38. The summed E-state index contributed by atoms with van der Waals surface area (Å²) in [6, 6.07) is 16.5. The number of nitrogens with two attached hydrogens (primary N) is 1. The molecule has 0 saturated carbocycles. The van der Waals surface area contributed by atoms with E-state index < -0.39 is 12.1 Å². The molecule has 2 amide bonds. The molecule has 1 aliphatic carbocycles. The number of amides is 2. The zero-order chi connectivity index (χ0) is 48.4. The van der Waals surface area contributed by atoms with Crippen molar-refractivity contribution in [2.75, 3.05) is 58.1 Å². The zero-order valence-electron chi connectivity index (χ0n) is 40.3. The third-order valence-corrected chi connectivity index (χ3v) is 14.8. The van der Waals surface area contributed by atoms with Crippen LogP contribution in [0, 0.1) is 5.41 Å². The summed E-state index contributed by atoms with van der Waals surface area (Å²) < 4.78 is 3.58. The molecule has 5 aromatic rings. The normalized spacial score (nSPS) is 20.6. The Bertz CT molecular complexity index is 2860. The number of pyridine rings is 1. The van der Waals surface area contributed by atoms with Gasteiger partial charge in [0.1, 0.15) is 11.5 Å². The molecule has 358 valence electrons. The van der Waals surface area contributed by atoms with E-state index in [0.29, 0.717) is 69.9 Å². The Hall–Kier alpha value is -6.00. The fourth-order valence-corrected chi connectivity index (χ4v) is 11.4. The average molecular weight is 943 g/mol. The molecule has 0 bridgehead atoms. The van der Waals surface area contributed by atoms with Gasteiger partial charge in [-0.3, -0.25) is 24.2 Å². The van der Waals surface area contributed by atoms with E-state index in [1.54, 1.807) is 30.4 Å². The average Bonchev–Trinajstić information content (AvgIpc) is 3.79. The molecule has 2 fully saturated rings. The molecule has 2 saturated heterocycles. The van der Waals surface area contributed by atoms with Crippen LogP contribution in [0.4, 0.5) is 34.4 Å². The first-order chi connectivity index (χ1) is 32.3. The van der Waals surface area contributed by atoms with Gasteiger partial charge in [-0.1, -0.05) is 32.0 Å². The summed E-state index contributed by atoms with van der Waals surface area (Å²) in [6.45, 7) is 20.7. The van der Waals surface area contributed by atoms with Crippen molar-refractivity contribution in [3.05, 3.63) is 117 Å². The van der Waals surface area contributed by atoms with Crippen molar-refractivity contribution < 1.29 is 14.7 Å². The van der Waals surface area contributed by atoms with Crippen molar-refractivity contribution in [3.8, 4) is 11.3 Å². The van der Waals surface area contributed by atoms with Crippen LogP contribution in [0.2, 0.25) is 5.02 Å². The van der Waals surface area contributed by atoms with E-state index >= 15 is 0 Å². The number of nitrogens with one attached hydrogen (secondary N) is 2. The van der Waals surface area contributed by atoms with Crippen molar-refractivity contribution >= 4 is 57.8 Å². The molecule has 4 aliphatic rings. The SMILES string of the molecule is C=CC(=O)Nc1cc(Nc2nc(-c3ccnc(N4CCn5c(cc6c5CC(C)(C)C6)C4=O)c3CO)cn(C)c2=O)ccc1N1CCN(C2CCN(c3ccc(Cl)c(C(C)(C)N)c3)[C@H](C)C2)C[C@@H]1C. The van der Waals surface area contributed by atoms with Crippen LogP contribution in [0.25, 0.3) is 11.3 Å². The Morgan fingerprint density at radius 2 is 1.81 bits per heavy atom.